The fraction of sp³-hybridized carbons (Fsp3) is 0.333. The Labute approximate surface area is 63.3 Å². The predicted octanol–water partition coefficient (Wildman–Crippen LogP) is 2.19. The summed E-state index contributed by atoms with van der Waals surface area (Å²) in [6.45, 7) is 11.1. The van der Waals surface area contributed by atoms with Gasteiger partial charge < -0.3 is 4.90 Å². The number of nitrogens with zero attached hydrogens (tertiary/aromatic N) is 1. The van der Waals surface area contributed by atoms with Gasteiger partial charge >= 0.3 is 0 Å². The van der Waals surface area contributed by atoms with E-state index in [0.717, 1.165) is 13.1 Å². The van der Waals surface area contributed by atoms with Gasteiger partial charge in [0.1, 0.15) is 0 Å². The molecule has 0 aliphatic heterocycles. The largest absolute Gasteiger partial charge is 0.370 e. The molecular weight excluding hydrogens is 122 g/mol. The summed E-state index contributed by atoms with van der Waals surface area (Å²) in [5.74, 6) is 0. The van der Waals surface area contributed by atoms with Gasteiger partial charge in [-0.15, -0.1) is 13.2 Å². The second-order valence-corrected chi connectivity index (χ2v) is 2.01. The molecule has 0 atom stereocenters. The molecule has 0 saturated heterocycles. The molecule has 0 aromatic rings. The molecule has 0 aliphatic carbocycles. The van der Waals surface area contributed by atoms with E-state index in [2.05, 4.69) is 18.1 Å². The van der Waals surface area contributed by atoms with Crippen molar-refractivity contribution in [3.8, 4) is 0 Å². The minimum Gasteiger partial charge on any atom is -0.370 e. The van der Waals surface area contributed by atoms with Crippen molar-refractivity contribution < 1.29 is 0 Å². The van der Waals surface area contributed by atoms with Crippen molar-refractivity contribution in [2.45, 2.75) is 6.92 Å². The van der Waals surface area contributed by atoms with Gasteiger partial charge in [0, 0.05) is 13.1 Å². The minimum atomic E-state index is 0.885. The third-order valence-corrected chi connectivity index (χ3v) is 1.09. The van der Waals surface area contributed by atoms with Crippen LogP contribution in [0.1, 0.15) is 6.92 Å². The molecule has 0 aromatic carbocycles. The Bertz CT molecular complexity index is 115. The van der Waals surface area contributed by atoms with E-state index in [1.54, 1.807) is 0 Å². The van der Waals surface area contributed by atoms with Crippen molar-refractivity contribution in [1.82, 2.24) is 4.90 Å². The van der Waals surface area contributed by atoms with E-state index in [1.165, 1.54) is 0 Å². The molecule has 0 radical (unpaired) electrons. The molecule has 0 N–H and O–H groups in total. The molecule has 1 nitrogen and oxygen atoms in total. The van der Waals surface area contributed by atoms with Gasteiger partial charge in [-0.05, 0) is 13.1 Å². The maximum absolute atomic E-state index is 3.66. The highest BCUT2D eigenvalue weighted by Crippen LogP contribution is 1.89. The van der Waals surface area contributed by atoms with E-state index in [-0.39, 0.29) is 0 Å². The van der Waals surface area contributed by atoms with Crippen molar-refractivity contribution >= 4 is 0 Å². The van der Waals surface area contributed by atoms with E-state index in [1.807, 2.05) is 31.4 Å². The summed E-state index contributed by atoms with van der Waals surface area (Å²) >= 11 is 0. The highest BCUT2D eigenvalue weighted by atomic mass is 15.1. The zero-order chi connectivity index (χ0) is 7.82. The molecule has 0 saturated carbocycles. The first kappa shape index (κ1) is 9.02. The van der Waals surface area contributed by atoms with Crippen LogP contribution in [0.5, 0.6) is 0 Å². The lowest BCUT2D eigenvalue weighted by Gasteiger charge is -2.14. The monoisotopic (exact) mass is 137 g/mol. The van der Waals surface area contributed by atoms with Crippen molar-refractivity contribution in [1.29, 1.82) is 0 Å². The Morgan fingerprint density at radius 2 is 1.70 bits per heavy atom. The minimum absolute atomic E-state index is 0.885. The quantitative estimate of drug-likeness (QED) is 0.525. The van der Waals surface area contributed by atoms with Gasteiger partial charge in [-0.2, -0.15) is 0 Å². The first-order valence-corrected chi connectivity index (χ1v) is 3.43. The molecule has 10 heavy (non-hydrogen) atoms. The standard InChI is InChI=1S/C9H15N/c1-4-7-10(8-5-2)9-6-3/h4-6,9H,1-2,7-8H2,3H3. The molecule has 0 aliphatic rings. The molecule has 0 fully saturated rings. The highest BCUT2D eigenvalue weighted by Gasteiger charge is 1.88. The molecule has 0 unspecified atom stereocenters. The summed E-state index contributed by atoms with van der Waals surface area (Å²) in [6, 6.07) is 0. The zero-order valence-electron chi connectivity index (χ0n) is 6.59. The summed E-state index contributed by atoms with van der Waals surface area (Å²) in [5, 5.41) is 0. The lowest BCUT2D eigenvalue weighted by atomic mass is 10.4. The van der Waals surface area contributed by atoms with Crippen LogP contribution in [-0.2, 0) is 0 Å². The Morgan fingerprint density at radius 3 is 2.00 bits per heavy atom. The third-order valence-electron chi connectivity index (χ3n) is 1.09. The second kappa shape index (κ2) is 6.14. The van der Waals surface area contributed by atoms with Crippen LogP contribution in [0.4, 0.5) is 0 Å². The second-order valence-electron chi connectivity index (χ2n) is 2.01. The van der Waals surface area contributed by atoms with E-state index >= 15 is 0 Å². The number of hydrogen-bond acceptors (Lipinski definition) is 1. The van der Waals surface area contributed by atoms with Gasteiger partial charge in [0.25, 0.3) is 0 Å². The lowest BCUT2D eigenvalue weighted by Crippen LogP contribution is -2.16. The van der Waals surface area contributed by atoms with Gasteiger partial charge in [0.05, 0.1) is 0 Å². The maximum Gasteiger partial charge on any atom is 0.0354 e. The normalized spacial score (nSPS) is 9.70. The molecule has 56 valence electrons. The molecular formula is C9H15N. The van der Waals surface area contributed by atoms with Crippen LogP contribution < -0.4 is 0 Å². The predicted molar refractivity (Wildman–Crippen MR) is 46.8 cm³/mol. The Hall–Kier alpha value is -0.980. The van der Waals surface area contributed by atoms with Gasteiger partial charge in [-0.3, -0.25) is 0 Å². The average Bonchev–Trinajstić information content (AvgIpc) is 1.90. The molecule has 0 bridgehead atoms. The first-order chi connectivity index (χ1) is 4.85. The summed E-state index contributed by atoms with van der Waals surface area (Å²) in [5.41, 5.74) is 0. The van der Waals surface area contributed by atoms with E-state index in [9.17, 15) is 0 Å². The van der Waals surface area contributed by atoms with Gasteiger partial charge in [-0.25, -0.2) is 0 Å². The Balaban J connectivity index is 3.70. The summed E-state index contributed by atoms with van der Waals surface area (Å²) in [7, 11) is 0. The summed E-state index contributed by atoms with van der Waals surface area (Å²) in [4.78, 5) is 2.12. The van der Waals surface area contributed by atoms with Gasteiger partial charge in [-0.1, -0.05) is 18.2 Å². The van der Waals surface area contributed by atoms with E-state index < -0.39 is 0 Å². The van der Waals surface area contributed by atoms with Crippen LogP contribution >= 0.6 is 0 Å². The van der Waals surface area contributed by atoms with Crippen LogP contribution in [0.2, 0.25) is 0 Å². The van der Waals surface area contributed by atoms with Crippen molar-refractivity contribution in [3.05, 3.63) is 37.6 Å². The Kier molecular flexibility index (Phi) is 5.54. The van der Waals surface area contributed by atoms with Crippen molar-refractivity contribution in [2.24, 2.45) is 0 Å². The van der Waals surface area contributed by atoms with Crippen LogP contribution in [0.3, 0.4) is 0 Å². The van der Waals surface area contributed by atoms with E-state index in [4.69, 9.17) is 0 Å². The summed E-state index contributed by atoms with van der Waals surface area (Å²) in [6.07, 6.45) is 7.80. The van der Waals surface area contributed by atoms with Crippen LogP contribution in [0.25, 0.3) is 0 Å². The smallest absolute Gasteiger partial charge is 0.0354 e. The molecule has 1 heteroatoms. The zero-order valence-corrected chi connectivity index (χ0v) is 6.59. The van der Waals surface area contributed by atoms with Gasteiger partial charge in [0.15, 0.2) is 0 Å². The Morgan fingerprint density at radius 1 is 1.20 bits per heavy atom. The topological polar surface area (TPSA) is 3.24 Å². The van der Waals surface area contributed by atoms with Crippen LogP contribution in [-0.4, -0.2) is 18.0 Å². The average molecular weight is 137 g/mol. The molecule has 0 rings (SSSR count). The SMILES string of the molecule is C=CCN(C=CC)CC=C. The first-order valence-electron chi connectivity index (χ1n) is 3.43. The number of allylic oxidation sites excluding steroid dienone is 1. The molecule has 0 heterocycles. The van der Waals surface area contributed by atoms with Crippen LogP contribution in [0, 0.1) is 0 Å². The lowest BCUT2D eigenvalue weighted by molar-refractivity contribution is 0.462. The third kappa shape index (κ3) is 3.96. The molecule has 0 aromatic heterocycles. The number of rotatable bonds is 5. The maximum atomic E-state index is 3.66. The summed E-state index contributed by atoms with van der Waals surface area (Å²) < 4.78 is 0. The van der Waals surface area contributed by atoms with E-state index in [0.29, 0.717) is 0 Å². The highest BCUT2D eigenvalue weighted by molar-refractivity contribution is 4.88. The fourth-order valence-corrected chi connectivity index (χ4v) is 0.739. The molecule has 0 spiro atoms. The molecule has 0 amide bonds. The van der Waals surface area contributed by atoms with Crippen molar-refractivity contribution in [2.75, 3.05) is 13.1 Å². The van der Waals surface area contributed by atoms with Gasteiger partial charge in [0.2, 0.25) is 0 Å². The fourth-order valence-electron chi connectivity index (χ4n) is 0.739. The van der Waals surface area contributed by atoms with Crippen molar-refractivity contribution in [3.63, 3.8) is 0 Å². The van der Waals surface area contributed by atoms with Crippen LogP contribution in [0.15, 0.2) is 37.6 Å². The number of hydrogen-bond donors (Lipinski definition) is 0.